The van der Waals surface area contributed by atoms with Crippen LogP contribution in [-0.4, -0.2) is 90.8 Å². The number of likely N-dealkylation sites (tertiary alicyclic amines) is 1. The summed E-state index contributed by atoms with van der Waals surface area (Å²) in [6.45, 7) is 0.498. The van der Waals surface area contributed by atoms with Crippen LogP contribution in [0.4, 0.5) is 26.7 Å². The van der Waals surface area contributed by atoms with Crippen molar-refractivity contribution in [2.45, 2.75) is 30.8 Å². The molecule has 0 aromatic heterocycles. The monoisotopic (exact) mass is 462 g/mol. The van der Waals surface area contributed by atoms with Gasteiger partial charge >= 0.3 is 12.2 Å². The zero-order chi connectivity index (χ0) is 23.0. The first-order valence-corrected chi connectivity index (χ1v) is 10.3. The number of hydrogen-bond donors (Lipinski definition) is 1. The Labute approximate surface area is 181 Å². The van der Waals surface area contributed by atoms with Gasteiger partial charge in [-0.25, -0.2) is 13.6 Å². The van der Waals surface area contributed by atoms with Crippen molar-refractivity contribution in [3.05, 3.63) is 35.4 Å². The molecule has 3 saturated heterocycles. The summed E-state index contributed by atoms with van der Waals surface area (Å²) in [6.07, 6.45) is -4.38. The van der Waals surface area contributed by atoms with Crippen molar-refractivity contribution < 1.29 is 36.3 Å². The number of rotatable bonds is 2. The average Bonchev–Trinajstić information content (AvgIpc) is 2.74. The minimum Gasteiger partial charge on any atom is -0.366 e. The lowest BCUT2D eigenvalue weighted by Gasteiger charge is -2.44. The van der Waals surface area contributed by atoms with E-state index in [0.29, 0.717) is 19.0 Å². The van der Waals surface area contributed by atoms with E-state index >= 15 is 0 Å². The number of fused-ring (bicyclic) bond motifs is 1. The van der Waals surface area contributed by atoms with Crippen molar-refractivity contribution in [1.29, 1.82) is 0 Å². The van der Waals surface area contributed by atoms with Gasteiger partial charge < -0.3 is 19.9 Å². The Morgan fingerprint density at radius 2 is 1.81 bits per heavy atom. The number of amides is 3. The molecule has 7 nitrogen and oxygen atoms in total. The number of carbonyl (C=O) groups is 2. The van der Waals surface area contributed by atoms with E-state index in [1.54, 1.807) is 4.90 Å². The number of nitrogens with zero attached hydrogens (tertiary/aromatic N) is 3. The first-order chi connectivity index (χ1) is 15.1. The summed E-state index contributed by atoms with van der Waals surface area (Å²) in [7, 11) is 0. The number of carbonyl (C=O) groups excluding carboxylic acids is 2. The Morgan fingerprint density at radius 3 is 2.47 bits per heavy atom. The number of piperazine rings is 1. The van der Waals surface area contributed by atoms with Gasteiger partial charge in [0.2, 0.25) is 5.91 Å². The number of urea groups is 1. The summed E-state index contributed by atoms with van der Waals surface area (Å²) in [4.78, 5) is 28.5. The number of nitrogens with one attached hydrogen (secondary N) is 1. The molecule has 3 heterocycles. The van der Waals surface area contributed by atoms with Crippen molar-refractivity contribution in [3.8, 4) is 0 Å². The van der Waals surface area contributed by atoms with E-state index in [1.165, 1.54) is 4.90 Å². The van der Waals surface area contributed by atoms with Gasteiger partial charge in [0.15, 0.2) is 0 Å². The van der Waals surface area contributed by atoms with E-state index in [9.17, 15) is 31.5 Å². The number of piperidine rings is 1. The lowest BCUT2D eigenvalue weighted by molar-refractivity contribution is -0.190. The molecule has 0 spiro atoms. The fourth-order valence-corrected chi connectivity index (χ4v) is 4.55. The second-order valence-electron chi connectivity index (χ2n) is 8.17. The van der Waals surface area contributed by atoms with Crippen LogP contribution in [0.2, 0.25) is 0 Å². The topological polar surface area (TPSA) is 65.1 Å². The van der Waals surface area contributed by atoms with Gasteiger partial charge in [-0.15, -0.1) is 0 Å². The van der Waals surface area contributed by atoms with Crippen LogP contribution in [0.1, 0.15) is 18.0 Å². The summed E-state index contributed by atoms with van der Waals surface area (Å²) in [5.74, 6) is -2.46. The Morgan fingerprint density at radius 1 is 1.09 bits per heavy atom. The summed E-state index contributed by atoms with van der Waals surface area (Å²) in [5.41, 5.74) is -0.645. The highest BCUT2D eigenvalue weighted by Crippen LogP contribution is 2.39. The summed E-state index contributed by atoms with van der Waals surface area (Å²) < 4.78 is 74.1. The predicted molar refractivity (Wildman–Crippen MR) is 102 cm³/mol. The van der Waals surface area contributed by atoms with Crippen LogP contribution in [0.25, 0.3) is 0 Å². The summed E-state index contributed by atoms with van der Waals surface area (Å²) >= 11 is 0. The third-order valence-corrected chi connectivity index (χ3v) is 6.11. The molecular formula is C20H23F5N4O3. The summed E-state index contributed by atoms with van der Waals surface area (Å²) in [6, 6.07) is -0.818. The molecule has 1 aromatic carbocycles. The fraction of sp³-hybridized carbons (Fsp3) is 0.600. The van der Waals surface area contributed by atoms with Crippen LogP contribution in [0.15, 0.2) is 18.2 Å². The number of benzene rings is 1. The molecule has 12 heteroatoms. The van der Waals surface area contributed by atoms with Crippen LogP contribution in [-0.2, 0) is 9.53 Å². The Bertz CT molecular complexity index is 875. The molecule has 176 valence electrons. The van der Waals surface area contributed by atoms with Crippen LogP contribution >= 0.6 is 0 Å². The van der Waals surface area contributed by atoms with Crippen molar-refractivity contribution >= 4 is 11.9 Å². The van der Waals surface area contributed by atoms with Crippen LogP contribution in [0.3, 0.4) is 0 Å². The Balaban J connectivity index is 1.40. The maximum absolute atomic E-state index is 14.1. The van der Waals surface area contributed by atoms with Crippen molar-refractivity contribution in [3.63, 3.8) is 0 Å². The van der Waals surface area contributed by atoms with Crippen LogP contribution in [0, 0.1) is 11.6 Å². The van der Waals surface area contributed by atoms with Gasteiger partial charge in [-0.1, -0.05) is 6.07 Å². The molecule has 32 heavy (non-hydrogen) atoms. The van der Waals surface area contributed by atoms with E-state index in [0.717, 1.165) is 17.0 Å². The molecule has 3 atom stereocenters. The third kappa shape index (κ3) is 4.65. The van der Waals surface area contributed by atoms with E-state index in [-0.39, 0.29) is 63.4 Å². The van der Waals surface area contributed by atoms with Gasteiger partial charge in [0, 0.05) is 50.9 Å². The average molecular weight is 462 g/mol. The van der Waals surface area contributed by atoms with Gasteiger partial charge in [0.25, 0.3) is 0 Å². The predicted octanol–water partition coefficient (Wildman–Crippen LogP) is 1.90. The minimum atomic E-state index is -4.77. The fourth-order valence-electron chi connectivity index (χ4n) is 4.55. The lowest BCUT2D eigenvalue weighted by atomic mass is 10.0. The van der Waals surface area contributed by atoms with E-state index in [1.807, 2.05) is 0 Å². The molecule has 0 bridgehead atoms. The number of ether oxygens (including phenoxy) is 1. The van der Waals surface area contributed by atoms with Gasteiger partial charge in [-0.3, -0.25) is 9.69 Å². The maximum Gasteiger partial charge on any atom is 0.408 e. The lowest BCUT2D eigenvalue weighted by Crippen LogP contribution is -2.63. The molecule has 1 aromatic rings. The molecule has 0 saturated carbocycles. The Kier molecular flexibility index (Phi) is 6.26. The zero-order valence-corrected chi connectivity index (χ0v) is 17.1. The molecule has 2 unspecified atom stereocenters. The van der Waals surface area contributed by atoms with Crippen LogP contribution < -0.4 is 5.32 Å². The Hall–Kier alpha value is -2.47. The number of alkyl halides is 3. The highest BCUT2D eigenvalue weighted by molar-refractivity contribution is 5.79. The normalized spacial score (nSPS) is 25.8. The molecule has 1 N–H and O–H groups in total. The van der Waals surface area contributed by atoms with Gasteiger partial charge in [0.1, 0.15) is 24.3 Å². The van der Waals surface area contributed by atoms with Crippen LogP contribution in [0.5, 0.6) is 0 Å². The number of hydrogen-bond acceptors (Lipinski definition) is 4. The maximum atomic E-state index is 14.1. The van der Waals surface area contributed by atoms with Gasteiger partial charge in [0.05, 0.1) is 12.1 Å². The SMILES string of the molecule is O=C1COC2CCN(C(=O)N3CCN(C(c4ccc(F)cc4F)C(F)(F)F)CC3)C[C@H]2N1. The second-order valence-corrected chi connectivity index (χ2v) is 8.17. The molecule has 0 aliphatic carbocycles. The number of halogens is 5. The van der Waals surface area contributed by atoms with Crippen molar-refractivity contribution in [1.82, 2.24) is 20.0 Å². The highest BCUT2D eigenvalue weighted by atomic mass is 19.4. The standard InChI is InChI=1S/C20H23F5N4O3/c21-12-1-2-13(14(22)9-12)18(20(23,24)25)27-5-7-28(8-6-27)19(31)29-4-3-16-15(10-29)26-17(30)11-32-16/h1-2,9,15-16,18H,3-8,10-11H2,(H,26,30)/t15-,16?,18?/m1/s1. The quantitative estimate of drug-likeness (QED) is 0.682. The highest BCUT2D eigenvalue weighted by Gasteiger charge is 2.47. The molecule has 3 fully saturated rings. The second kappa shape index (κ2) is 8.81. The minimum absolute atomic E-state index is 0.00784. The molecular weight excluding hydrogens is 439 g/mol. The van der Waals surface area contributed by atoms with E-state index < -0.39 is 29.4 Å². The first-order valence-electron chi connectivity index (χ1n) is 10.3. The van der Waals surface area contributed by atoms with Gasteiger partial charge in [-0.05, 0) is 12.5 Å². The number of morpholine rings is 1. The molecule has 4 rings (SSSR count). The summed E-state index contributed by atoms with van der Waals surface area (Å²) in [5, 5.41) is 2.80. The zero-order valence-electron chi connectivity index (χ0n) is 17.1. The third-order valence-electron chi connectivity index (χ3n) is 6.11. The molecule has 0 radical (unpaired) electrons. The molecule has 3 amide bonds. The smallest absolute Gasteiger partial charge is 0.366 e. The van der Waals surface area contributed by atoms with Gasteiger partial charge in [-0.2, -0.15) is 13.2 Å². The van der Waals surface area contributed by atoms with E-state index in [2.05, 4.69) is 5.32 Å². The molecule has 3 aliphatic heterocycles. The van der Waals surface area contributed by atoms with Crippen molar-refractivity contribution in [2.24, 2.45) is 0 Å². The largest absolute Gasteiger partial charge is 0.408 e. The first kappa shape index (κ1) is 22.7. The van der Waals surface area contributed by atoms with Crippen molar-refractivity contribution in [2.75, 3.05) is 45.9 Å². The van der Waals surface area contributed by atoms with E-state index in [4.69, 9.17) is 4.74 Å². The molecule has 3 aliphatic rings.